The third kappa shape index (κ3) is 8.16. The number of carbonyl (C=O) groups is 1. The molecule has 0 aliphatic carbocycles. The fourth-order valence-corrected chi connectivity index (χ4v) is 1.81. The number of rotatable bonds is 9. The highest BCUT2D eigenvalue weighted by molar-refractivity contribution is 5.80. The summed E-state index contributed by atoms with van der Waals surface area (Å²) in [4.78, 5) is 11.4. The van der Waals surface area contributed by atoms with Crippen LogP contribution in [0.4, 0.5) is 57.1 Å². The molecular formula is C13H12F13NO3. The lowest BCUT2D eigenvalue weighted by molar-refractivity contribution is -0.399. The van der Waals surface area contributed by atoms with Crippen molar-refractivity contribution in [2.24, 2.45) is 5.92 Å². The molecule has 0 rings (SSSR count). The molecule has 3 unspecified atom stereocenters. The molecule has 0 aliphatic heterocycles. The van der Waals surface area contributed by atoms with Gasteiger partial charge in [0.15, 0.2) is 12.9 Å². The van der Waals surface area contributed by atoms with Crippen molar-refractivity contribution in [1.82, 2.24) is 5.32 Å². The van der Waals surface area contributed by atoms with Gasteiger partial charge in [-0.3, -0.25) is 4.79 Å². The second-order valence-electron chi connectivity index (χ2n) is 5.43. The van der Waals surface area contributed by atoms with Crippen molar-refractivity contribution in [3.05, 3.63) is 12.7 Å². The molecule has 0 aromatic rings. The summed E-state index contributed by atoms with van der Waals surface area (Å²) in [5, 5.41) is 1.20. The Balaban J connectivity index is 5.80. The van der Waals surface area contributed by atoms with Crippen LogP contribution in [0.3, 0.4) is 0 Å². The van der Waals surface area contributed by atoms with Gasteiger partial charge in [-0.25, -0.2) is 4.39 Å². The fourth-order valence-electron chi connectivity index (χ4n) is 1.81. The maximum absolute atomic E-state index is 14.3. The first-order chi connectivity index (χ1) is 13.2. The van der Waals surface area contributed by atoms with Gasteiger partial charge in [-0.2, -0.15) is 52.7 Å². The zero-order chi connectivity index (χ0) is 24.2. The van der Waals surface area contributed by atoms with E-state index in [0.717, 1.165) is 0 Å². The Bertz CT molecular complexity index is 581. The van der Waals surface area contributed by atoms with Crippen LogP contribution < -0.4 is 5.32 Å². The number of alkyl halides is 13. The lowest BCUT2D eigenvalue weighted by atomic mass is 9.97. The molecule has 0 aromatic carbocycles. The first-order valence-corrected chi connectivity index (χ1v) is 7.26. The maximum Gasteiger partial charge on any atom is 0.449 e. The van der Waals surface area contributed by atoms with E-state index in [2.05, 4.69) is 16.1 Å². The Morgan fingerprint density at radius 2 is 1.40 bits per heavy atom. The SMILES string of the molecule is C=CCNC(=O)C(C(F)(F)F)C(F)(OCOC(CC(F)(F)F)C(F)(F)F)C(F)(F)F. The number of ether oxygens (including phenoxy) is 2. The largest absolute Gasteiger partial charge is 0.449 e. The number of nitrogens with one attached hydrogen (secondary N) is 1. The summed E-state index contributed by atoms with van der Waals surface area (Å²) in [5.74, 6) is -13.3. The van der Waals surface area contributed by atoms with Crippen molar-refractivity contribution in [1.29, 1.82) is 0 Å². The molecular weight excluding hydrogens is 465 g/mol. The van der Waals surface area contributed by atoms with Crippen LogP contribution in [0.2, 0.25) is 0 Å². The van der Waals surface area contributed by atoms with Gasteiger partial charge < -0.3 is 14.8 Å². The number of halogens is 13. The maximum atomic E-state index is 14.3. The van der Waals surface area contributed by atoms with Crippen LogP contribution >= 0.6 is 0 Å². The van der Waals surface area contributed by atoms with Crippen LogP contribution in [0.15, 0.2) is 12.7 Å². The molecule has 0 aliphatic rings. The molecule has 0 heterocycles. The fraction of sp³-hybridized carbons (Fsp3) is 0.769. The van der Waals surface area contributed by atoms with E-state index in [1.807, 2.05) is 0 Å². The minimum absolute atomic E-state index is 0.702. The molecule has 178 valence electrons. The Labute approximate surface area is 159 Å². The number of hydrogen-bond donors (Lipinski definition) is 1. The van der Waals surface area contributed by atoms with Crippen LogP contribution in [0.1, 0.15) is 6.42 Å². The van der Waals surface area contributed by atoms with E-state index < -0.39 is 68.2 Å². The molecule has 0 fully saturated rings. The molecule has 3 atom stereocenters. The molecule has 1 N–H and O–H groups in total. The minimum Gasteiger partial charge on any atom is -0.352 e. The quantitative estimate of drug-likeness (QED) is 0.301. The highest BCUT2D eigenvalue weighted by Crippen LogP contribution is 2.48. The van der Waals surface area contributed by atoms with Gasteiger partial charge in [0.2, 0.25) is 11.8 Å². The van der Waals surface area contributed by atoms with Gasteiger partial charge in [0.05, 0.1) is 6.42 Å². The van der Waals surface area contributed by atoms with Crippen molar-refractivity contribution in [2.45, 2.75) is 43.1 Å². The van der Waals surface area contributed by atoms with E-state index in [4.69, 9.17) is 0 Å². The van der Waals surface area contributed by atoms with Crippen LogP contribution in [0.25, 0.3) is 0 Å². The average Bonchev–Trinajstić information content (AvgIpc) is 2.47. The van der Waals surface area contributed by atoms with Crippen LogP contribution in [0.5, 0.6) is 0 Å². The third-order valence-corrected chi connectivity index (χ3v) is 3.09. The van der Waals surface area contributed by atoms with E-state index in [9.17, 15) is 61.9 Å². The Hall–Kier alpha value is -1.78. The lowest BCUT2D eigenvalue weighted by Gasteiger charge is -2.35. The van der Waals surface area contributed by atoms with Gasteiger partial charge in [0, 0.05) is 6.54 Å². The molecule has 0 spiro atoms. The third-order valence-electron chi connectivity index (χ3n) is 3.09. The molecule has 0 saturated heterocycles. The minimum atomic E-state index is -6.67. The number of amides is 1. The molecule has 0 aromatic heterocycles. The zero-order valence-electron chi connectivity index (χ0n) is 14.2. The standard InChI is InChI=1S/C13H12F13NO3/c1-2-3-27-8(28)7(12(21,22)23)10(17,13(24,25)26)30-5-29-6(11(18,19)20)4-9(14,15)16/h2,6-7H,1,3-5H2,(H,27,28). The zero-order valence-corrected chi connectivity index (χ0v) is 14.2. The normalized spacial score (nSPS) is 17.8. The summed E-state index contributed by atoms with van der Waals surface area (Å²) < 4.78 is 172. The highest BCUT2D eigenvalue weighted by atomic mass is 19.4. The summed E-state index contributed by atoms with van der Waals surface area (Å²) in [6.45, 7) is -0.594. The van der Waals surface area contributed by atoms with Crippen LogP contribution in [-0.4, -0.2) is 55.9 Å². The molecule has 0 radical (unpaired) electrons. The molecule has 4 nitrogen and oxygen atoms in total. The van der Waals surface area contributed by atoms with Crippen molar-refractivity contribution in [2.75, 3.05) is 13.3 Å². The van der Waals surface area contributed by atoms with E-state index in [-0.39, 0.29) is 0 Å². The molecule has 1 amide bonds. The number of hydrogen-bond acceptors (Lipinski definition) is 3. The first-order valence-electron chi connectivity index (χ1n) is 7.26. The summed E-state index contributed by atoms with van der Waals surface area (Å²) >= 11 is 0. The van der Waals surface area contributed by atoms with Gasteiger partial charge in [0.25, 0.3) is 0 Å². The number of carbonyl (C=O) groups excluding carboxylic acids is 1. The summed E-state index contributed by atoms with van der Waals surface area (Å²) in [6.07, 6.45) is -30.3. The highest BCUT2D eigenvalue weighted by Gasteiger charge is 2.72. The van der Waals surface area contributed by atoms with Gasteiger partial charge in [-0.05, 0) is 0 Å². The predicted molar refractivity (Wildman–Crippen MR) is 70.2 cm³/mol. The topological polar surface area (TPSA) is 47.6 Å². The Morgan fingerprint density at radius 3 is 1.73 bits per heavy atom. The van der Waals surface area contributed by atoms with Gasteiger partial charge >= 0.3 is 30.6 Å². The van der Waals surface area contributed by atoms with Crippen molar-refractivity contribution >= 4 is 5.91 Å². The molecule has 17 heteroatoms. The average molecular weight is 477 g/mol. The van der Waals surface area contributed by atoms with E-state index in [0.29, 0.717) is 6.08 Å². The summed E-state index contributed by atoms with van der Waals surface area (Å²) in [7, 11) is 0. The smallest absolute Gasteiger partial charge is 0.352 e. The van der Waals surface area contributed by atoms with Crippen LogP contribution in [0, 0.1) is 5.92 Å². The second-order valence-corrected chi connectivity index (χ2v) is 5.43. The van der Waals surface area contributed by atoms with Crippen molar-refractivity contribution in [3.63, 3.8) is 0 Å². The molecule has 0 saturated carbocycles. The first kappa shape index (κ1) is 28.2. The van der Waals surface area contributed by atoms with E-state index >= 15 is 0 Å². The Kier molecular flexibility index (Phi) is 9.00. The van der Waals surface area contributed by atoms with E-state index in [1.165, 1.54) is 5.32 Å². The lowest BCUT2D eigenvalue weighted by Crippen LogP contribution is -2.60. The summed E-state index contributed by atoms with van der Waals surface area (Å²) in [6, 6.07) is 0. The van der Waals surface area contributed by atoms with Gasteiger partial charge in [-0.15, -0.1) is 6.58 Å². The summed E-state index contributed by atoms with van der Waals surface area (Å²) in [5.41, 5.74) is 0. The predicted octanol–water partition coefficient (Wildman–Crippen LogP) is 4.57. The van der Waals surface area contributed by atoms with Gasteiger partial charge in [0.1, 0.15) is 0 Å². The van der Waals surface area contributed by atoms with Gasteiger partial charge in [-0.1, -0.05) is 6.08 Å². The van der Waals surface area contributed by atoms with E-state index in [1.54, 1.807) is 0 Å². The van der Waals surface area contributed by atoms with Crippen LogP contribution in [-0.2, 0) is 14.3 Å². The molecule has 0 bridgehead atoms. The molecule has 30 heavy (non-hydrogen) atoms. The van der Waals surface area contributed by atoms with Crippen molar-refractivity contribution < 1.29 is 71.3 Å². The van der Waals surface area contributed by atoms with Crippen molar-refractivity contribution in [3.8, 4) is 0 Å². The second kappa shape index (κ2) is 9.57. The Morgan fingerprint density at radius 1 is 0.900 bits per heavy atom. The monoisotopic (exact) mass is 477 g/mol.